The highest BCUT2D eigenvalue weighted by Crippen LogP contribution is 2.39. The lowest BCUT2D eigenvalue weighted by Gasteiger charge is -2.37. The van der Waals surface area contributed by atoms with Crippen molar-refractivity contribution in [3.8, 4) is 11.8 Å². The first-order chi connectivity index (χ1) is 13.6. The number of carbonyl (C=O) groups is 1. The summed E-state index contributed by atoms with van der Waals surface area (Å²) in [7, 11) is 0. The molecule has 6 heteroatoms. The van der Waals surface area contributed by atoms with E-state index in [0.29, 0.717) is 25.2 Å². The van der Waals surface area contributed by atoms with E-state index in [9.17, 15) is 9.90 Å². The third-order valence-corrected chi connectivity index (χ3v) is 5.35. The van der Waals surface area contributed by atoms with Crippen molar-refractivity contribution < 1.29 is 20.1 Å². The van der Waals surface area contributed by atoms with E-state index in [2.05, 4.69) is 17.2 Å². The summed E-state index contributed by atoms with van der Waals surface area (Å²) in [6.07, 6.45) is 4.87. The number of hydrogen-bond donors (Lipinski definition) is 4. The van der Waals surface area contributed by atoms with Crippen LogP contribution in [0.4, 0.5) is 0 Å². The first kappa shape index (κ1) is 22.4. The molecule has 1 fully saturated rings. The van der Waals surface area contributed by atoms with Crippen molar-refractivity contribution in [2.45, 2.75) is 37.7 Å². The molecule has 0 aliphatic heterocycles. The van der Waals surface area contributed by atoms with Crippen LogP contribution in [0.2, 0.25) is 0 Å². The highest BCUT2D eigenvalue weighted by atomic mass is 16.3. The van der Waals surface area contributed by atoms with Gasteiger partial charge in [-0.05, 0) is 18.4 Å². The molecule has 28 heavy (non-hydrogen) atoms. The van der Waals surface area contributed by atoms with Crippen molar-refractivity contribution in [1.29, 1.82) is 0 Å². The molecule has 1 amide bonds. The van der Waals surface area contributed by atoms with Gasteiger partial charge in [-0.3, -0.25) is 9.69 Å². The van der Waals surface area contributed by atoms with E-state index in [4.69, 9.17) is 10.2 Å². The van der Waals surface area contributed by atoms with E-state index >= 15 is 0 Å². The van der Waals surface area contributed by atoms with Crippen LogP contribution in [0.1, 0.15) is 37.7 Å². The van der Waals surface area contributed by atoms with Gasteiger partial charge in [0.05, 0.1) is 26.3 Å². The Morgan fingerprint density at radius 2 is 1.71 bits per heavy atom. The molecule has 1 aromatic carbocycles. The van der Waals surface area contributed by atoms with Crippen LogP contribution in [0.25, 0.3) is 0 Å². The highest BCUT2D eigenvalue weighted by Gasteiger charge is 2.45. The summed E-state index contributed by atoms with van der Waals surface area (Å²) in [6, 6.07) is 9.17. The third-order valence-electron chi connectivity index (χ3n) is 5.35. The second kappa shape index (κ2) is 11.8. The second-order valence-electron chi connectivity index (χ2n) is 7.23. The second-order valence-corrected chi connectivity index (χ2v) is 7.23. The Morgan fingerprint density at radius 1 is 1.07 bits per heavy atom. The molecule has 0 bridgehead atoms. The van der Waals surface area contributed by atoms with Gasteiger partial charge >= 0.3 is 0 Å². The average molecular weight is 389 g/mol. The number of aliphatic hydroxyl groups is 3. The van der Waals surface area contributed by atoms with E-state index in [0.717, 1.165) is 32.1 Å². The summed E-state index contributed by atoms with van der Waals surface area (Å²) in [5, 5.41) is 32.2. The van der Waals surface area contributed by atoms with Crippen LogP contribution < -0.4 is 5.32 Å². The molecule has 0 radical (unpaired) electrons. The molecule has 1 aromatic rings. The standard InChI is InChI=1S/C22H32N2O4/c25-17-15-24(16-18-26)14-8-7-13-23-21(27)22(28,19-9-3-1-4-10-19)20-11-5-2-6-12-20/h1,3-4,9-10,20,25-26,28H,2,5-6,11-18H2,(H,23,27)/t22-/m1/s1. The van der Waals surface area contributed by atoms with Crippen molar-refractivity contribution in [3.05, 3.63) is 35.9 Å². The van der Waals surface area contributed by atoms with Crippen molar-refractivity contribution in [3.63, 3.8) is 0 Å². The third kappa shape index (κ3) is 6.05. The average Bonchev–Trinajstić information content (AvgIpc) is 2.74. The minimum atomic E-state index is -1.54. The predicted molar refractivity (Wildman–Crippen MR) is 108 cm³/mol. The number of aliphatic hydroxyl groups excluding tert-OH is 2. The summed E-state index contributed by atoms with van der Waals surface area (Å²) in [4.78, 5) is 14.8. The van der Waals surface area contributed by atoms with Crippen LogP contribution >= 0.6 is 0 Å². The molecule has 154 valence electrons. The molecular formula is C22H32N2O4. The molecule has 1 aliphatic rings. The van der Waals surface area contributed by atoms with Crippen molar-refractivity contribution in [2.75, 3.05) is 39.4 Å². The summed E-state index contributed by atoms with van der Waals surface area (Å²) >= 11 is 0. The monoisotopic (exact) mass is 388 g/mol. The Kier molecular flexibility index (Phi) is 9.45. The lowest BCUT2D eigenvalue weighted by Crippen LogP contribution is -2.50. The van der Waals surface area contributed by atoms with Crippen LogP contribution in [0.5, 0.6) is 0 Å². The zero-order valence-corrected chi connectivity index (χ0v) is 16.4. The fourth-order valence-corrected chi connectivity index (χ4v) is 3.81. The van der Waals surface area contributed by atoms with E-state index in [-0.39, 0.29) is 25.7 Å². The van der Waals surface area contributed by atoms with E-state index in [1.165, 1.54) is 0 Å². The lowest BCUT2D eigenvalue weighted by molar-refractivity contribution is -0.149. The van der Waals surface area contributed by atoms with Gasteiger partial charge in [0.25, 0.3) is 5.91 Å². The highest BCUT2D eigenvalue weighted by molar-refractivity contribution is 5.87. The molecule has 1 aliphatic carbocycles. The normalized spacial score (nSPS) is 16.9. The Hall–Kier alpha value is -1.91. The number of hydrogen-bond acceptors (Lipinski definition) is 5. The number of nitrogens with one attached hydrogen (secondary N) is 1. The molecule has 1 saturated carbocycles. The molecule has 0 aromatic heterocycles. The molecular weight excluding hydrogens is 356 g/mol. The van der Waals surface area contributed by atoms with Crippen molar-refractivity contribution >= 4 is 5.91 Å². The fraction of sp³-hybridized carbons (Fsp3) is 0.591. The van der Waals surface area contributed by atoms with Crippen LogP contribution in [-0.2, 0) is 10.4 Å². The molecule has 0 spiro atoms. The minimum absolute atomic E-state index is 0.00388. The first-order valence-electron chi connectivity index (χ1n) is 10.1. The van der Waals surface area contributed by atoms with Crippen LogP contribution in [0.3, 0.4) is 0 Å². The Bertz CT molecular complexity index is 643. The van der Waals surface area contributed by atoms with Crippen molar-refractivity contribution in [2.24, 2.45) is 5.92 Å². The number of carbonyl (C=O) groups excluding carboxylic acids is 1. The summed E-state index contributed by atoms with van der Waals surface area (Å²) in [6.45, 7) is 1.44. The maximum absolute atomic E-state index is 13.0. The molecule has 6 nitrogen and oxygen atoms in total. The van der Waals surface area contributed by atoms with Gasteiger partial charge in [0.2, 0.25) is 0 Å². The molecule has 0 saturated heterocycles. The van der Waals surface area contributed by atoms with Gasteiger partial charge in [0.15, 0.2) is 5.60 Å². The van der Waals surface area contributed by atoms with Gasteiger partial charge in [-0.2, -0.15) is 0 Å². The van der Waals surface area contributed by atoms with Crippen molar-refractivity contribution in [1.82, 2.24) is 10.2 Å². The smallest absolute Gasteiger partial charge is 0.257 e. The number of benzene rings is 1. The maximum Gasteiger partial charge on any atom is 0.257 e. The SMILES string of the molecule is O=C(NCC#CCN(CCO)CCO)[C@@](O)(c1ccccc1)C1CCCCC1. The topological polar surface area (TPSA) is 93.0 Å². The Morgan fingerprint density at radius 3 is 2.32 bits per heavy atom. The van der Waals surface area contributed by atoms with Gasteiger partial charge < -0.3 is 20.6 Å². The molecule has 4 N–H and O–H groups in total. The van der Waals surface area contributed by atoms with E-state index in [1.807, 2.05) is 35.2 Å². The molecule has 1 atom stereocenters. The summed E-state index contributed by atoms with van der Waals surface area (Å²) < 4.78 is 0. The first-order valence-corrected chi connectivity index (χ1v) is 10.1. The molecule has 0 unspecified atom stereocenters. The van der Waals surface area contributed by atoms with E-state index in [1.54, 1.807) is 0 Å². The van der Waals surface area contributed by atoms with E-state index < -0.39 is 11.5 Å². The number of rotatable bonds is 9. The molecule has 2 rings (SSSR count). The maximum atomic E-state index is 13.0. The predicted octanol–water partition coefficient (Wildman–Crippen LogP) is 0.861. The van der Waals surface area contributed by atoms with Crippen LogP contribution in [0.15, 0.2) is 30.3 Å². The Labute approximate surface area is 167 Å². The van der Waals surface area contributed by atoms with Crippen LogP contribution in [-0.4, -0.2) is 65.5 Å². The zero-order valence-electron chi connectivity index (χ0n) is 16.4. The van der Waals surface area contributed by atoms with Crippen LogP contribution in [0, 0.1) is 17.8 Å². The molecule has 0 heterocycles. The summed E-state index contributed by atoms with van der Waals surface area (Å²) in [5.41, 5.74) is -0.909. The summed E-state index contributed by atoms with van der Waals surface area (Å²) in [5.74, 6) is 5.33. The fourth-order valence-electron chi connectivity index (χ4n) is 3.81. The van der Waals surface area contributed by atoms with Gasteiger partial charge in [0.1, 0.15) is 0 Å². The van der Waals surface area contributed by atoms with Gasteiger partial charge in [-0.1, -0.05) is 61.4 Å². The zero-order chi connectivity index (χ0) is 20.2. The van der Waals surface area contributed by atoms with Gasteiger partial charge in [-0.15, -0.1) is 0 Å². The number of nitrogens with zero attached hydrogens (tertiary/aromatic N) is 1. The van der Waals surface area contributed by atoms with Gasteiger partial charge in [0, 0.05) is 19.0 Å². The quantitative estimate of drug-likeness (QED) is 0.471. The number of amides is 1. The lowest BCUT2D eigenvalue weighted by atomic mass is 9.73. The largest absolute Gasteiger partial charge is 0.395 e. The minimum Gasteiger partial charge on any atom is -0.395 e. The van der Waals surface area contributed by atoms with Gasteiger partial charge in [-0.25, -0.2) is 0 Å². The Balaban J connectivity index is 2.01.